The Kier molecular flexibility index (Phi) is 4.16. The molecule has 1 rings (SSSR count). The van der Waals surface area contributed by atoms with Crippen molar-refractivity contribution in [2.75, 3.05) is 33.2 Å². The number of alkyl halides is 3. The zero-order valence-electron chi connectivity index (χ0n) is 9.46. The van der Waals surface area contributed by atoms with Gasteiger partial charge in [0.05, 0.1) is 6.07 Å². The van der Waals surface area contributed by atoms with Crippen molar-refractivity contribution < 1.29 is 13.2 Å². The van der Waals surface area contributed by atoms with E-state index in [2.05, 4.69) is 4.90 Å². The average molecular weight is 235 g/mol. The lowest BCUT2D eigenvalue weighted by molar-refractivity contribution is -0.164. The fourth-order valence-corrected chi connectivity index (χ4v) is 1.77. The molecule has 2 unspecified atom stereocenters. The van der Waals surface area contributed by atoms with Crippen LogP contribution in [0.25, 0.3) is 0 Å². The van der Waals surface area contributed by atoms with Gasteiger partial charge in [0.1, 0.15) is 0 Å². The van der Waals surface area contributed by atoms with Gasteiger partial charge in [-0.1, -0.05) is 0 Å². The molecule has 1 aliphatic heterocycles. The van der Waals surface area contributed by atoms with Crippen LogP contribution in [-0.4, -0.2) is 55.2 Å². The zero-order chi connectivity index (χ0) is 12.3. The molecule has 0 amide bonds. The molecule has 6 heteroatoms. The van der Waals surface area contributed by atoms with Gasteiger partial charge in [0.15, 0.2) is 5.92 Å². The molecule has 0 spiro atoms. The predicted molar refractivity (Wildman–Crippen MR) is 53.7 cm³/mol. The molecule has 1 heterocycles. The van der Waals surface area contributed by atoms with E-state index in [4.69, 9.17) is 5.26 Å². The third kappa shape index (κ3) is 3.35. The first-order valence-electron chi connectivity index (χ1n) is 5.23. The van der Waals surface area contributed by atoms with Crippen LogP contribution in [0.4, 0.5) is 13.2 Å². The quantitative estimate of drug-likeness (QED) is 0.723. The Hall–Kier alpha value is -0.800. The molecule has 0 N–H and O–H groups in total. The molecule has 3 nitrogen and oxygen atoms in total. The van der Waals surface area contributed by atoms with Gasteiger partial charge in [0.25, 0.3) is 0 Å². The summed E-state index contributed by atoms with van der Waals surface area (Å²) in [5.74, 6) is -1.87. The minimum Gasteiger partial charge on any atom is -0.301 e. The van der Waals surface area contributed by atoms with Crippen molar-refractivity contribution in [2.45, 2.75) is 19.1 Å². The Morgan fingerprint density at radius 2 is 2.06 bits per heavy atom. The lowest BCUT2D eigenvalue weighted by Gasteiger charge is -2.38. The third-order valence-corrected chi connectivity index (χ3v) is 3.04. The van der Waals surface area contributed by atoms with Crippen LogP contribution in [0.15, 0.2) is 0 Å². The summed E-state index contributed by atoms with van der Waals surface area (Å²) in [6, 6.07) is 1.57. The fourth-order valence-electron chi connectivity index (χ4n) is 1.77. The predicted octanol–water partition coefficient (Wildman–Crippen LogP) is 1.32. The van der Waals surface area contributed by atoms with Crippen LogP contribution in [0.5, 0.6) is 0 Å². The van der Waals surface area contributed by atoms with Crippen LogP contribution >= 0.6 is 0 Å². The summed E-state index contributed by atoms with van der Waals surface area (Å²) in [6.07, 6.45) is -4.42. The van der Waals surface area contributed by atoms with Crippen LogP contribution in [0.1, 0.15) is 6.92 Å². The Labute approximate surface area is 93.4 Å². The van der Waals surface area contributed by atoms with Gasteiger partial charge in [-0.3, -0.25) is 4.90 Å². The molecule has 16 heavy (non-hydrogen) atoms. The van der Waals surface area contributed by atoms with E-state index in [-0.39, 0.29) is 12.6 Å². The number of hydrogen-bond donors (Lipinski definition) is 0. The SMILES string of the molecule is CC1CN(CC(C#N)C(F)(F)F)CCN1C. The zero-order valence-corrected chi connectivity index (χ0v) is 9.46. The molecule has 0 aromatic heterocycles. The number of hydrogen-bond acceptors (Lipinski definition) is 3. The van der Waals surface area contributed by atoms with Gasteiger partial charge < -0.3 is 4.90 Å². The van der Waals surface area contributed by atoms with Crippen LogP contribution in [0.3, 0.4) is 0 Å². The third-order valence-electron chi connectivity index (χ3n) is 3.04. The molecule has 1 aliphatic rings. The summed E-state index contributed by atoms with van der Waals surface area (Å²) in [5.41, 5.74) is 0. The monoisotopic (exact) mass is 235 g/mol. The van der Waals surface area contributed by atoms with Gasteiger partial charge in [-0.2, -0.15) is 18.4 Å². The minimum absolute atomic E-state index is 0.210. The Morgan fingerprint density at radius 3 is 2.50 bits per heavy atom. The second-order valence-corrected chi connectivity index (χ2v) is 4.31. The number of piperazine rings is 1. The topological polar surface area (TPSA) is 30.3 Å². The Bertz CT molecular complexity index is 271. The van der Waals surface area contributed by atoms with Gasteiger partial charge in [0, 0.05) is 32.2 Å². The first kappa shape index (κ1) is 13.3. The maximum atomic E-state index is 12.4. The van der Waals surface area contributed by atoms with Gasteiger partial charge in [0.2, 0.25) is 0 Å². The van der Waals surface area contributed by atoms with Crippen molar-refractivity contribution in [2.24, 2.45) is 5.92 Å². The first-order valence-corrected chi connectivity index (χ1v) is 5.23. The minimum atomic E-state index is -4.42. The van der Waals surface area contributed by atoms with Crippen molar-refractivity contribution >= 4 is 0 Å². The Balaban J connectivity index is 2.52. The van der Waals surface area contributed by atoms with Gasteiger partial charge in [-0.05, 0) is 14.0 Å². The molecule has 2 atom stereocenters. The first-order chi connectivity index (χ1) is 7.34. The van der Waals surface area contributed by atoms with E-state index in [1.54, 1.807) is 4.90 Å². The van der Waals surface area contributed by atoms with E-state index < -0.39 is 12.1 Å². The van der Waals surface area contributed by atoms with Crippen molar-refractivity contribution in [1.29, 1.82) is 5.26 Å². The molecule has 0 aliphatic carbocycles. The van der Waals surface area contributed by atoms with Gasteiger partial charge in [-0.15, -0.1) is 0 Å². The highest BCUT2D eigenvalue weighted by molar-refractivity contribution is 4.92. The normalized spacial score (nSPS) is 26.4. The number of nitriles is 1. The van der Waals surface area contributed by atoms with Gasteiger partial charge in [-0.25, -0.2) is 0 Å². The van der Waals surface area contributed by atoms with E-state index in [0.29, 0.717) is 13.1 Å². The lowest BCUT2D eigenvalue weighted by Crippen LogP contribution is -2.52. The summed E-state index contributed by atoms with van der Waals surface area (Å²) in [5, 5.41) is 8.50. The largest absolute Gasteiger partial charge is 0.405 e. The molecule has 0 aromatic carbocycles. The lowest BCUT2D eigenvalue weighted by atomic mass is 10.1. The summed E-state index contributed by atoms with van der Waals surface area (Å²) in [7, 11) is 1.95. The molecule has 1 saturated heterocycles. The van der Waals surface area contributed by atoms with Crippen molar-refractivity contribution in [3.63, 3.8) is 0 Å². The maximum absolute atomic E-state index is 12.4. The van der Waals surface area contributed by atoms with Crippen LogP contribution in [-0.2, 0) is 0 Å². The number of nitrogens with zero attached hydrogens (tertiary/aromatic N) is 3. The molecule has 92 valence electrons. The van der Waals surface area contributed by atoms with E-state index in [1.807, 2.05) is 14.0 Å². The molecular weight excluding hydrogens is 219 g/mol. The summed E-state index contributed by atoms with van der Waals surface area (Å²) >= 11 is 0. The highest BCUT2D eigenvalue weighted by Gasteiger charge is 2.41. The molecule has 0 aromatic rings. The van der Waals surface area contributed by atoms with Crippen LogP contribution in [0, 0.1) is 17.2 Å². The van der Waals surface area contributed by atoms with E-state index in [9.17, 15) is 13.2 Å². The van der Waals surface area contributed by atoms with Crippen molar-refractivity contribution in [1.82, 2.24) is 9.80 Å². The second kappa shape index (κ2) is 5.02. The van der Waals surface area contributed by atoms with Crippen molar-refractivity contribution in [3.05, 3.63) is 0 Å². The fraction of sp³-hybridized carbons (Fsp3) is 0.900. The number of rotatable bonds is 2. The molecular formula is C10H16F3N3. The molecule has 1 fully saturated rings. The van der Waals surface area contributed by atoms with Crippen LogP contribution in [0.2, 0.25) is 0 Å². The molecule has 0 radical (unpaired) electrons. The maximum Gasteiger partial charge on any atom is 0.405 e. The van der Waals surface area contributed by atoms with E-state index >= 15 is 0 Å². The highest BCUT2D eigenvalue weighted by Crippen LogP contribution is 2.26. The van der Waals surface area contributed by atoms with E-state index in [0.717, 1.165) is 6.54 Å². The summed E-state index contributed by atoms with van der Waals surface area (Å²) < 4.78 is 37.2. The van der Waals surface area contributed by atoms with E-state index in [1.165, 1.54) is 6.07 Å². The molecule has 0 saturated carbocycles. The van der Waals surface area contributed by atoms with Crippen molar-refractivity contribution in [3.8, 4) is 6.07 Å². The molecule has 0 bridgehead atoms. The highest BCUT2D eigenvalue weighted by atomic mass is 19.4. The number of likely N-dealkylation sites (N-methyl/N-ethyl adjacent to an activating group) is 1. The second-order valence-electron chi connectivity index (χ2n) is 4.31. The van der Waals surface area contributed by atoms with Gasteiger partial charge >= 0.3 is 6.18 Å². The number of halogens is 3. The van der Waals surface area contributed by atoms with Crippen LogP contribution < -0.4 is 0 Å². The standard InChI is InChI=1S/C10H16F3N3/c1-8-6-16(4-3-15(8)2)7-9(5-14)10(11,12)13/h8-9H,3-4,6-7H2,1-2H3. The Morgan fingerprint density at radius 1 is 1.44 bits per heavy atom. The smallest absolute Gasteiger partial charge is 0.301 e. The summed E-state index contributed by atoms with van der Waals surface area (Å²) in [4.78, 5) is 3.82. The summed E-state index contributed by atoms with van der Waals surface area (Å²) in [6.45, 7) is 3.69. The average Bonchev–Trinajstić information content (AvgIpc) is 2.18.